The summed E-state index contributed by atoms with van der Waals surface area (Å²) in [4.78, 5) is 16.1. The summed E-state index contributed by atoms with van der Waals surface area (Å²) < 4.78 is 42.1. The fraction of sp³-hybridized carbons (Fsp3) is 0.588. The summed E-state index contributed by atoms with van der Waals surface area (Å²) in [7, 11) is -1.51. The zero-order chi connectivity index (χ0) is 18.7. The molecule has 0 saturated carbocycles. The standard InChI is InChI=1S/C17H25FN4O3S/c1-19-6-10-21(11-7-19)26(24,25)22-12-8-20(9-13-22)17(23)14-15-4-2-3-5-16(15)18/h2-5H,6-14H2,1H3. The molecule has 1 aromatic rings. The van der Waals surface area contributed by atoms with Gasteiger partial charge in [0.2, 0.25) is 5.91 Å². The molecule has 0 bridgehead atoms. The van der Waals surface area contributed by atoms with Crippen LogP contribution in [0.4, 0.5) is 4.39 Å². The molecule has 3 rings (SSSR count). The number of nitrogens with zero attached hydrogens (tertiary/aromatic N) is 4. The van der Waals surface area contributed by atoms with Gasteiger partial charge in [0.25, 0.3) is 10.2 Å². The maximum Gasteiger partial charge on any atom is 0.282 e. The molecule has 0 N–H and O–H groups in total. The highest BCUT2D eigenvalue weighted by Crippen LogP contribution is 2.16. The van der Waals surface area contributed by atoms with Gasteiger partial charge in [-0.1, -0.05) is 18.2 Å². The number of halogens is 1. The van der Waals surface area contributed by atoms with Crippen molar-refractivity contribution in [3.05, 3.63) is 35.6 Å². The Labute approximate surface area is 154 Å². The van der Waals surface area contributed by atoms with E-state index < -0.39 is 16.0 Å². The summed E-state index contributed by atoms with van der Waals surface area (Å²) in [6.07, 6.45) is -0.00210. The lowest BCUT2D eigenvalue weighted by Gasteiger charge is -2.39. The molecule has 1 aromatic carbocycles. The fourth-order valence-electron chi connectivity index (χ4n) is 3.27. The van der Waals surface area contributed by atoms with Crippen LogP contribution in [0.5, 0.6) is 0 Å². The summed E-state index contributed by atoms with van der Waals surface area (Å²) in [6.45, 7) is 3.65. The van der Waals surface area contributed by atoms with Crippen LogP contribution in [0.1, 0.15) is 5.56 Å². The van der Waals surface area contributed by atoms with Gasteiger partial charge in [-0.25, -0.2) is 4.39 Å². The van der Waals surface area contributed by atoms with E-state index in [0.717, 1.165) is 13.1 Å². The van der Waals surface area contributed by atoms with Crippen molar-refractivity contribution < 1.29 is 17.6 Å². The van der Waals surface area contributed by atoms with Gasteiger partial charge >= 0.3 is 0 Å². The second kappa shape index (κ2) is 7.99. The number of piperazine rings is 2. The van der Waals surface area contributed by atoms with Gasteiger partial charge in [-0.15, -0.1) is 0 Å². The highest BCUT2D eigenvalue weighted by Gasteiger charge is 2.34. The fourth-order valence-corrected chi connectivity index (χ4v) is 4.84. The van der Waals surface area contributed by atoms with Gasteiger partial charge in [0.15, 0.2) is 0 Å². The molecule has 2 saturated heterocycles. The third kappa shape index (κ3) is 4.22. The molecule has 0 unspecified atom stereocenters. The van der Waals surface area contributed by atoms with Gasteiger partial charge in [-0.3, -0.25) is 4.79 Å². The number of likely N-dealkylation sites (N-methyl/N-ethyl adjacent to an activating group) is 1. The van der Waals surface area contributed by atoms with Gasteiger partial charge in [-0.05, 0) is 18.7 Å². The Balaban J connectivity index is 1.55. The lowest BCUT2D eigenvalue weighted by Crippen LogP contribution is -2.57. The Morgan fingerprint density at radius 1 is 0.962 bits per heavy atom. The molecular formula is C17H25FN4O3S. The number of benzene rings is 1. The first-order chi connectivity index (χ1) is 12.4. The molecule has 7 nitrogen and oxygen atoms in total. The van der Waals surface area contributed by atoms with Crippen molar-refractivity contribution in [2.75, 3.05) is 59.4 Å². The zero-order valence-electron chi connectivity index (χ0n) is 15.0. The average Bonchev–Trinajstić information content (AvgIpc) is 2.64. The van der Waals surface area contributed by atoms with Crippen LogP contribution in [0.15, 0.2) is 24.3 Å². The first-order valence-corrected chi connectivity index (χ1v) is 10.2. The SMILES string of the molecule is CN1CCN(S(=O)(=O)N2CCN(C(=O)Cc3ccccc3F)CC2)CC1. The van der Waals surface area contributed by atoms with Gasteiger partial charge in [0.05, 0.1) is 6.42 Å². The maximum absolute atomic E-state index is 13.7. The second-order valence-electron chi connectivity index (χ2n) is 6.76. The zero-order valence-corrected chi connectivity index (χ0v) is 15.8. The average molecular weight is 384 g/mol. The van der Waals surface area contributed by atoms with E-state index in [4.69, 9.17) is 0 Å². The van der Waals surface area contributed by atoms with Gasteiger partial charge in [0.1, 0.15) is 5.82 Å². The van der Waals surface area contributed by atoms with E-state index in [1.807, 2.05) is 7.05 Å². The largest absolute Gasteiger partial charge is 0.340 e. The maximum atomic E-state index is 13.7. The van der Waals surface area contributed by atoms with Crippen LogP contribution in [0, 0.1) is 5.82 Å². The predicted octanol–water partition coefficient (Wildman–Crippen LogP) is 0.00460. The first kappa shape index (κ1) is 19.2. The van der Waals surface area contributed by atoms with E-state index in [1.165, 1.54) is 14.7 Å². The first-order valence-electron chi connectivity index (χ1n) is 8.83. The molecule has 9 heteroatoms. The molecule has 0 aromatic heterocycles. The highest BCUT2D eigenvalue weighted by atomic mass is 32.2. The van der Waals surface area contributed by atoms with Crippen LogP contribution < -0.4 is 0 Å². The van der Waals surface area contributed by atoms with E-state index in [1.54, 1.807) is 23.1 Å². The van der Waals surface area contributed by atoms with Crippen molar-refractivity contribution >= 4 is 16.1 Å². The summed E-state index contributed by atoms with van der Waals surface area (Å²) in [5, 5.41) is 0. The minimum Gasteiger partial charge on any atom is -0.340 e. The van der Waals surface area contributed by atoms with E-state index in [2.05, 4.69) is 4.90 Å². The van der Waals surface area contributed by atoms with Crippen molar-refractivity contribution in [3.8, 4) is 0 Å². The lowest BCUT2D eigenvalue weighted by molar-refractivity contribution is -0.131. The number of carbonyl (C=O) groups excluding carboxylic acids is 1. The number of amides is 1. The number of carbonyl (C=O) groups is 1. The van der Waals surface area contributed by atoms with Crippen LogP contribution in [-0.4, -0.2) is 92.1 Å². The summed E-state index contributed by atoms with van der Waals surface area (Å²) in [5.74, 6) is -0.566. The Hall–Kier alpha value is -1.55. The van der Waals surface area contributed by atoms with E-state index >= 15 is 0 Å². The summed E-state index contributed by atoms with van der Waals surface area (Å²) in [5.41, 5.74) is 0.366. The van der Waals surface area contributed by atoms with Crippen LogP contribution in [0.3, 0.4) is 0 Å². The monoisotopic (exact) mass is 384 g/mol. The Bertz CT molecular complexity index is 742. The van der Waals surface area contributed by atoms with Crippen molar-refractivity contribution in [1.82, 2.24) is 18.4 Å². The molecule has 26 heavy (non-hydrogen) atoms. The van der Waals surface area contributed by atoms with Crippen molar-refractivity contribution in [1.29, 1.82) is 0 Å². The van der Waals surface area contributed by atoms with Crippen LogP contribution >= 0.6 is 0 Å². The van der Waals surface area contributed by atoms with Crippen molar-refractivity contribution in [3.63, 3.8) is 0 Å². The third-order valence-electron chi connectivity index (χ3n) is 5.01. The topological polar surface area (TPSA) is 64.2 Å². The smallest absolute Gasteiger partial charge is 0.282 e. The molecule has 0 aliphatic carbocycles. The molecule has 2 aliphatic rings. The molecule has 2 aliphatic heterocycles. The Kier molecular flexibility index (Phi) is 5.91. The minimum absolute atomic E-state index is 0.00210. The van der Waals surface area contributed by atoms with Crippen LogP contribution in [-0.2, 0) is 21.4 Å². The Morgan fingerprint density at radius 3 is 2.08 bits per heavy atom. The summed E-state index contributed by atoms with van der Waals surface area (Å²) >= 11 is 0. The minimum atomic E-state index is -3.48. The molecule has 0 spiro atoms. The van der Waals surface area contributed by atoms with E-state index in [9.17, 15) is 17.6 Å². The molecule has 144 valence electrons. The van der Waals surface area contributed by atoms with Gasteiger partial charge in [-0.2, -0.15) is 17.0 Å². The van der Waals surface area contributed by atoms with Crippen molar-refractivity contribution in [2.24, 2.45) is 0 Å². The number of rotatable bonds is 4. The van der Waals surface area contributed by atoms with Crippen LogP contribution in [0.25, 0.3) is 0 Å². The van der Waals surface area contributed by atoms with Crippen molar-refractivity contribution in [2.45, 2.75) is 6.42 Å². The Morgan fingerprint density at radius 2 is 1.50 bits per heavy atom. The number of hydrogen-bond donors (Lipinski definition) is 0. The quantitative estimate of drug-likeness (QED) is 0.733. The second-order valence-corrected chi connectivity index (χ2v) is 8.69. The molecular weight excluding hydrogens is 359 g/mol. The number of hydrogen-bond acceptors (Lipinski definition) is 4. The summed E-state index contributed by atoms with van der Waals surface area (Å²) in [6, 6.07) is 6.22. The molecule has 0 atom stereocenters. The molecule has 2 fully saturated rings. The normalized spacial score (nSPS) is 21.1. The van der Waals surface area contributed by atoms with E-state index in [0.29, 0.717) is 31.7 Å². The third-order valence-corrected chi connectivity index (χ3v) is 7.04. The molecule has 2 heterocycles. The predicted molar refractivity (Wildman–Crippen MR) is 96.2 cm³/mol. The van der Waals surface area contributed by atoms with E-state index in [-0.39, 0.29) is 25.4 Å². The highest BCUT2D eigenvalue weighted by molar-refractivity contribution is 7.86. The van der Waals surface area contributed by atoms with Crippen LogP contribution in [0.2, 0.25) is 0 Å². The van der Waals surface area contributed by atoms with Gasteiger partial charge in [0, 0.05) is 52.4 Å². The van der Waals surface area contributed by atoms with Gasteiger partial charge < -0.3 is 9.80 Å². The molecule has 0 radical (unpaired) electrons. The molecule has 1 amide bonds. The lowest BCUT2D eigenvalue weighted by atomic mass is 10.1.